The van der Waals surface area contributed by atoms with Crippen LogP contribution in [-0.2, 0) is 22.7 Å². The van der Waals surface area contributed by atoms with E-state index in [-0.39, 0.29) is 52.6 Å². The molecule has 0 spiro atoms. The first-order chi connectivity index (χ1) is 30.1. The highest BCUT2D eigenvalue weighted by molar-refractivity contribution is 6.20. The summed E-state index contributed by atoms with van der Waals surface area (Å²) in [7, 11) is 10.6. The molecule has 2 aromatic carbocycles. The molecule has 0 saturated carbocycles. The number of benzene rings is 2. The molecule has 0 aliphatic heterocycles. The molecule has 0 saturated heterocycles. The van der Waals surface area contributed by atoms with Gasteiger partial charge in [-0.1, -0.05) is 6.08 Å². The number of ketones is 1. The van der Waals surface area contributed by atoms with E-state index in [0.29, 0.717) is 41.8 Å². The van der Waals surface area contributed by atoms with Crippen molar-refractivity contribution in [1.29, 1.82) is 0 Å². The molecule has 0 unspecified atom stereocenters. The van der Waals surface area contributed by atoms with Crippen LogP contribution < -0.4 is 52.5 Å². The highest BCUT2D eigenvalue weighted by atomic mass is 79.9. The van der Waals surface area contributed by atoms with E-state index in [4.69, 9.17) is 24.5 Å². The van der Waals surface area contributed by atoms with Gasteiger partial charge in [0.05, 0.1) is 33.4 Å². The third-order valence-electron chi connectivity index (χ3n) is 10.5. The predicted octanol–water partition coefficient (Wildman–Crippen LogP) is 3.84. The summed E-state index contributed by atoms with van der Waals surface area (Å²) in [6, 6.07) is 25.3. The Bertz CT molecular complexity index is 2620. The van der Waals surface area contributed by atoms with Crippen LogP contribution in [0.1, 0.15) is 62.9 Å². The maximum absolute atomic E-state index is 12.5. The number of pyridine rings is 2. The van der Waals surface area contributed by atoms with E-state index < -0.39 is 0 Å². The Morgan fingerprint density at radius 3 is 1.75 bits per heavy atom. The van der Waals surface area contributed by atoms with Crippen LogP contribution in [0.2, 0.25) is 12.6 Å². The van der Waals surface area contributed by atoms with Gasteiger partial charge in [-0.15, -0.1) is 0 Å². The van der Waals surface area contributed by atoms with Gasteiger partial charge in [0.25, 0.3) is 0 Å². The first kappa shape index (κ1) is 49.6. The quantitative estimate of drug-likeness (QED) is 0.0741. The second-order valence-corrected chi connectivity index (χ2v) is 14.5. The van der Waals surface area contributed by atoms with Crippen molar-refractivity contribution in [3.63, 3.8) is 0 Å². The minimum absolute atomic E-state index is 0. The lowest BCUT2D eigenvalue weighted by molar-refractivity contribution is -0.697. The number of amides is 1. The van der Waals surface area contributed by atoms with Gasteiger partial charge in [-0.25, -0.2) is 14.2 Å². The predicted molar refractivity (Wildman–Crippen MR) is 252 cm³/mol. The fourth-order valence-corrected chi connectivity index (χ4v) is 6.92. The number of nitrogens with zero attached hydrogens (tertiary/aromatic N) is 4. The van der Waals surface area contributed by atoms with Gasteiger partial charge in [0.15, 0.2) is 25.1 Å². The normalized spacial score (nSPS) is 11.0. The lowest BCUT2D eigenvalue weighted by atomic mass is 9.98. The van der Waals surface area contributed by atoms with E-state index in [1.807, 2.05) is 113 Å². The van der Waals surface area contributed by atoms with Gasteiger partial charge >= 0.3 is 11.3 Å². The molecule has 11 nitrogen and oxygen atoms in total. The molecular formula is C49H55B2BrN5O6+. The fourth-order valence-electron chi connectivity index (χ4n) is 6.92. The van der Waals surface area contributed by atoms with Gasteiger partial charge in [0.2, 0.25) is 11.6 Å². The number of aromatic nitrogens is 2. The van der Waals surface area contributed by atoms with E-state index in [1.54, 1.807) is 12.2 Å². The zero-order valence-electron chi connectivity index (χ0n) is 36.6. The molecule has 0 aliphatic rings. The SMILES string of the molecule is [B]CC(=O)CCC[n+]1ccc(/C=C/c2cc3ccc(N(CC)CC)cc3oc2=O)cc1.[B]CC(=O)NCC[n+]1ccccc1/C=C/c1cc2ccc(N(CC)CC)cc2oc1=O.[Br-]. The number of fused-ring (bicyclic) bond motifs is 2. The van der Waals surface area contributed by atoms with E-state index >= 15 is 0 Å². The van der Waals surface area contributed by atoms with Crippen LogP contribution in [0, 0.1) is 0 Å². The van der Waals surface area contributed by atoms with Crippen LogP contribution in [0.25, 0.3) is 46.2 Å². The topological polar surface area (TPSA) is 121 Å². The summed E-state index contributed by atoms with van der Waals surface area (Å²) in [5, 5.41) is 4.53. The monoisotopic (exact) mass is 910 g/mol. The second kappa shape index (κ2) is 25.2. The summed E-state index contributed by atoms with van der Waals surface area (Å²) in [5.74, 6) is -0.106. The Kier molecular flexibility index (Phi) is 19.8. The number of anilines is 2. The Balaban J connectivity index is 0.000000272. The van der Waals surface area contributed by atoms with Crippen molar-refractivity contribution in [2.75, 3.05) is 42.5 Å². The Morgan fingerprint density at radius 1 is 0.667 bits per heavy atom. The molecule has 63 heavy (non-hydrogen) atoms. The second-order valence-electron chi connectivity index (χ2n) is 14.5. The number of nitrogens with one attached hydrogen (secondary N) is 1. The zero-order valence-corrected chi connectivity index (χ0v) is 38.2. The molecule has 4 heterocycles. The molecule has 6 rings (SSSR count). The van der Waals surface area contributed by atoms with Gasteiger partial charge in [-0.3, -0.25) is 4.79 Å². The van der Waals surface area contributed by atoms with Crippen molar-refractivity contribution < 1.29 is 44.5 Å². The number of aryl methyl sites for hydroxylation is 1. The van der Waals surface area contributed by atoms with Crippen LogP contribution >= 0.6 is 0 Å². The summed E-state index contributed by atoms with van der Waals surface area (Å²) in [4.78, 5) is 52.0. The van der Waals surface area contributed by atoms with E-state index in [2.05, 4.69) is 48.9 Å². The average Bonchev–Trinajstić information content (AvgIpc) is 3.29. The van der Waals surface area contributed by atoms with E-state index in [0.717, 1.165) is 72.5 Å². The molecule has 1 N–H and O–H groups in total. The van der Waals surface area contributed by atoms with Crippen molar-refractivity contribution in [2.24, 2.45) is 0 Å². The number of Topliss-reactive ketones (excluding diaryl/α,β-unsaturated/α-hetero) is 1. The van der Waals surface area contributed by atoms with Crippen molar-refractivity contribution >= 4 is 85.0 Å². The standard InChI is InChI=1S/C25H28BN2O3.C24H26BN3O3.BrH/c1-3-28(4-2)22-10-9-20-16-21(25(30)31-24(20)17-22)8-7-19-11-14-27(15-12-19)13-5-6-23(29)18-26;1-3-27(4-2)21-11-8-18-15-19(24(30)31-22(18)16-21)9-10-20-7-5-6-13-28(20)14-12-26-23(29)17-25;/h7-12,14-17H,3-6,13,18H2,1-2H3;5-11,13,15-16H,3-4,12,14,17H2,1-2H3;1H/q+1;;. The third-order valence-corrected chi connectivity index (χ3v) is 10.5. The summed E-state index contributed by atoms with van der Waals surface area (Å²) < 4.78 is 15.2. The average molecular weight is 912 g/mol. The Labute approximate surface area is 382 Å². The summed E-state index contributed by atoms with van der Waals surface area (Å²) in [5.41, 5.74) is 5.41. The summed E-state index contributed by atoms with van der Waals surface area (Å²) >= 11 is 0. The molecule has 6 aromatic rings. The number of carbonyl (C=O) groups excluding carboxylic acids is 2. The molecule has 4 aromatic heterocycles. The Hall–Kier alpha value is -6.01. The lowest BCUT2D eigenvalue weighted by Gasteiger charge is -2.20. The number of hydrogen-bond acceptors (Lipinski definition) is 8. The summed E-state index contributed by atoms with van der Waals surface area (Å²) in [6.07, 6.45) is 14.5. The molecule has 0 atom stereocenters. The molecule has 14 heteroatoms. The molecule has 4 radical (unpaired) electrons. The van der Waals surface area contributed by atoms with Crippen molar-refractivity contribution in [2.45, 2.75) is 66.3 Å². The smallest absolute Gasteiger partial charge is 0.343 e. The number of hydrogen-bond donors (Lipinski definition) is 1. The minimum Gasteiger partial charge on any atom is -1.00 e. The van der Waals surface area contributed by atoms with Gasteiger partial charge in [0.1, 0.15) is 23.5 Å². The first-order valence-corrected chi connectivity index (χ1v) is 21.3. The van der Waals surface area contributed by atoms with Gasteiger partial charge in [-0.2, -0.15) is 4.57 Å². The summed E-state index contributed by atoms with van der Waals surface area (Å²) in [6.45, 7) is 13.8. The minimum atomic E-state index is -0.377. The molecule has 324 valence electrons. The Morgan fingerprint density at radius 2 is 1.22 bits per heavy atom. The number of rotatable bonds is 19. The maximum atomic E-state index is 12.5. The molecule has 1 amide bonds. The van der Waals surface area contributed by atoms with Crippen LogP contribution in [0.15, 0.2) is 116 Å². The molecular weight excluding hydrogens is 856 g/mol. The van der Waals surface area contributed by atoms with Crippen LogP contribution in [-0.4, -0.2) is 60.1 Å². The van der Waals surface area contributed by atoms with Crippen LogP contribution in [0.3, 0.4) is 0 Å². The maximum Gasteiger partial charge on any atom is 0.343 e. The highest BCUT2D eigenvalue weighted by Gasteiger charge is 2.11. The largest absolute Gasteiger partial charge is 1.00 e. The first-order valence-electron chi connectivity index (χ1n) is 21.3. The molecule has 0 bridgehead atoms. The van der Waals surface area contributed by atoms with E-state index in [1.165, 1.54) is 0 Å². The third kappa shape index (κ3) is 14.3. The van der Waals surface area contributed by atoms with E-state index in [9.17, 15) is 19.2 Å². The number of halogens is 1. The fraction of sp³-hybridized carbons (Fsp3) is 0.306. The lowest BCUT2D eigenvalue weighted by Crippen LogP contribution is -3.00. The van der Waals surface area contributed by atoms with Crippen molar-refractivity contribution in [1.82, 2.24) is 5.32 Å². The van der Waals surface area contributed by atoms with Gasteiger partial charge in [-0.05, 0) is 101 Å². The number of carbonyl (C=O) groups is 2. The van der Waals surface area contributed by atoms with Gasteiger partial charge in [0, 0.05) is 104 Å². The molecule has 0 aliphatic carbocycles. The van der Waals surface area contributed by atoms with Crippen LogP contribution in [0.4, 0.5) is 11.4 Å². The molecule has 0 fully saturated rings. The van der Waals surface area contributed by atoms with Crippen LogP contribution in [0.5, 0.6) is 0 Å². The van der Waals surface area contributed by atoms with Gasteiger partial charge < -0.3 is 45.7 Å². The van der Waals surface area contributed by atoms with Crippen molar-refractivity contribution in [3.05, 3.63) is 141 Å². The highest BCUT2D eigenvalue weighted by Crippen LogP contribution is 2.24. The zero-order chi connectivity index (χ0) is 44.4. The van der Waals surface area contributed by atoms with Crippen molar-refractivity contribution in [3.8, 4) is 0 Å².